The Morgan fingerprint density at radius 1 is 1.39 bits per heavy atom. The molecule has 0 aliphatic heterocycles. The van der Waals surface area contributed by atoms with E-state index in [-0.39, 0.29) is 28.2 Å². The van der Waals surface area contributed by atoms with Crippen molar-refractivity contribution in [1.82, 2.24) is 15.0 Å². The minimum Gasteiger partial charge on any atom is -0.352 e. The molecule has 1 aromatic rings. The van der Waals surface area contributed by atoms with E-state index in [1.807, 2.05) is 0 Å². The fourth-order valence-electron chi connectivity index (χ4n) is 1.01. The summed E-state index contributed by atoms with van der Waals surface area (Å²) in [7, 11) is -3.75. The third kappa shape index (κ3) is 4.30. The molecule has 0 radical (unpaired) electrons. The molecule has 18 heavy (non-hydrogen) atoms. The van der Waals surface area contributed by atoms with E-state index in [1.165, 1.54) is 6.07 Å². The van der Waals surface area contributed by atoms with Crippen LogP contribution in [-0.4, -0.2) is 32.5 Å². The number of hydrogen-bond donors (Lipinski definition) is 3. The normalized spacial score (nSPS) is 11.2. The fourth-order valence-corrected chi connectivity index (χ4v) is 2.34. The molecule has 7 nitrogen and oxygen atoms in total. The Labute approximate surface area is 114 Å². The molecule has 0 aliphatic rings. The van der Waals surface area contributed by atoms with E-state index in [0.717, 1.165) is 6.20 Å². The van der Waals surface area contributed by atoms with Gasteiger partial charge in [-0.15, -0.1) is 0 Å². The first-order valence-electron chi connectivity index (χ1n) is 4.67. The molecule has 0 fully saturated rings. The first-order valence-corrected chi connectivity index (χ1v) is 6.91. The third-order valence-electron chi connectivity index (χ3n) is 1.80. The Morgan fingerprint density at radius 2 is 2.06 bits per heavy atom. The average molecular weight is 313 g/mol. The molecule has 2 amide bonds. The zero-order chi connectivity index (χ0) is 13.8. The lowest BCUT2D eigenvalue weighted by Gasteiger charge is -2.07. The quantitative estimate of drug-likeness (QED) is 0.537. The Hall–Kier alpha value is -1.09. The van der Waals surface area contributed by atoms with E-state index in [2.05, 4.69) is 15.0 Å². The first-order chi connectivity index (χ1) is 8.33. The highest BCUT2D eigenvalue weighted by atomic mass is 35.5. The second kappa shape index (κ2) is 6.19. The number of primary amides is 1. The van der Waals surface area contributed by atoms with Crippen molar-refractivity contribution < 1.29 is 13.2 Å². The molecule has 0 atom stereocenters. The van der Waals surface area contributed by atoms with Crippen LogP contribution < -0.4 is 15.8 Å². The van der Waals surface area contributed by atoms with Crippen LogP contribution in [0.5, 0.6) is 0 Å². The zero-order valence-electron chi connectivity index (χ0n) is 8.98. The Bertz CT molecular complexity index is 549. The summed E-state index contributed by atoms with van der Waals surface area (Å²) in [5.41, 5.74) is 4.82. The highest BCUT2D eigenvalue weighted by Crippen LogP contribution is 2.21. The van der Waals surface area contributed by atoms with Gasteiger partial charge in [-0.2, -0.15) is 0 Å². The number of hydrogen-bond acceptors (Lipinski definition) is 4. The van der Waals surface area contributed by atoms with Gasteiger partial charge in [-0.25, -0.2) is 22.9 Å². The summed E-state index contributed by atoms with van der Waals surface area (Å²) in [5, 5.41) is 2.30. The van der Waals surface area contributed by atoms with Crippen molar-refractivity contribution in [1.29, 1.82) is 0 Å². The Balaban J connectivity index is 2.68. The molecule has 0 saturated carbocycles. The van der Waals surface area contributed by atoms with Gasteiger partial charge in [0.05, 0.1) is 5.02 Å². The molecule has 10 heteroatoms. The summed E-state index contributed by atoms with van der Waals surface area (Å²) in [6, 6.07) is 0.450. The number of nitrogens with one attached hydrogen (secondary N) is 2. The van der Waals surface area contributed by atoms with Crippen LogP contribution in [0, 0.1) is 0 Å². The maximum atomic E-state index is 11.7. The molecular formula is C8H10Cl2N4O3S. The van der Waals surface area contributed by atoms with Crippen molar-refractivity contribution in [2.75, 3.05) is 13.1 Å². The van der Waals surface area contributed by atoms with Crippen molar-refractivity contribution in [3.05, 3.63) is 22.4 Å². The number of urea groups is 1. The second-order valence-corrected chi connectivity index (χ2v) is 5.66. The second-order valence-electron chi connectivity index (χ2n) is 3.13. The van der Waals surface area contributed by atoms with Crippen LogP contribution in [0.3, 0.4) is 0 Å². The monoisotopic (exact) mass is 312 g/mol. The molecule has 0 saturated heterocycles. The topological polar surface area (TPSA) is 114 Å². The molecule has 0 aliphatic carbocycles. The van der Waals surface area contributed by atoms with E-state index in [4.69, 9.17) is 28.9 Å². The Kier molecular flexibility index (Phi) is 5.15. The summed E-state index contributed by atoms with van der Waals surface area (Å²) < 4.78 is 25.7. The number of rotatable bonds is 5. The van der Waals surface area contributed by atoms with Crippen LogP contribution in [0.1, 0.15) is 0 Å². The number of pyridine rings is 1. The van der Waals surface area contributed by atoms with Crippen LogP contribution in [0.15, 0.2) is 17.2 Å². The van der Waals surface area contributed by atoms with Crippen molar-refractivity contribution in [2.24, 2.45) is 5.73 Å². The molecule has 1 rings (SSSR count). The highest BCUT2D eigenvalue weighted by molar-refractivity contribution is 7.89. The van der Waals surface area contributed by atoms with Crippen molar-refractivity contribution in [3.8, 4) is 0 Å². The minimum atomic E-state index is -3.75. The molecule has 0 bridgehead atoms. The molecule has 1 heterocycles. The first kappa shape index (κ1) is 15.0. The van der Waals surface area contributed by atoms with Gasteiger partial charge in [0.1, 0.15) is 10.0 Å². The van der Waals surface area contributed by atoms with Crippen LogP contribution in [-0.2, 0) is 10.0 Å². The van der Waals surface area contributed by atoms with Crippen LogP contribution in [0.4, 0.5) is 4.79 Å². The van der Waals surface area contributed by atoms with E-state index >= 15 is 0 Å². The summed E-state index contributed by atoms with van der Waals surface area (Å²) >= 11 is 11.2. The fraction of sp³-hybridized carbons (Fsp3) is 0.250. The molecule has 0 spiro atoms. The van der Waals surface area contributed by atoms with E-state index in [1.54, 1.807) is 0 Å². The number of carbonyl (C=O) groups is 1. The van der Waals surface area contributed by atoms with Gasteiger partial charge in [0.2, 0.25) is 10.0 Å². The minimum absolute atomic E-state index is 0.00841. The van der Waals surface area contributed by atoms with Gasteiger partial charge in [0.15, 0.2) is 0 Å². The van der Waals surface area contributed by atoms with E-state index in [9.17, 15) is 13.2 Å². The van der Waals surface area contributed by atoms with Crippen molar-refractivity contribution >= 4 is 39.3 Å². The smallest absolute Gasteiger partial charge is 0.312 e. The molecular weight excluding hydrogens is 303 g/mol. The lowest BCUT2D eigenvalue weighted by atomic mass is 10.5. The van der Waals surface area contributed by atoms with Gasteiger partial charge in [0.25, 0.3) is 0 Å². The largest absolute Gasteiger partial charge is 0.352 e. The van der Waals surface area contributed by atoms with Crippen LogP contribution in [0.2, 0.25) is 10.2 Å². The summed E-state index contributed by atoms with van der Waals surface area (Å²) in [6.45, 7) is 0.0643. The van der Waals surface area contributed by atoms with Gasteiger partial charge in [-0.1, -0.05) is 23.2 Å². The van der Waals surface area contributed by atoms with Crippen molar-refractivity contribution in [3.63, 3.8) is 0 Å². The van der Waals surface area contributed by atoms with Gasteiger partial charge in [0, 0.05) is 19.3 Å². The maximum absolute atomic E-state index is 11.7. The van der Waals surface area contributed by atoms with Crippen molar-refractivity contribution in [2.45, 2.75) is 4.90 Å². The van der Waals surface area contributed by atoms with Gasteiger partial charge < -0.3 is 11.1 Å². The van der Waals surface area contributed by atoms with Crippen LogP contribution >= 0.6 is 23.2 Å². The lowest BCUT2D eigenvalue weighted by molar-refractivity contribution is 0.249. The number of carbonyl (C=O) groups excluding carboxylic acids is 1. The average Bonchev–Trinajstić information content (AvgIpc) is 2.28. The highest BCUT2D eigenvalue weighted by Gasteiger charge is 2.15. The summed E-state index contributed by atoms with van der Waals surface area (Å²) in [4.78, 5) is 13.9. The number of sulfonamides is 1. The Morgan fingerprint density at radius 3 is 2.61 bits per heavy atom. The van der Waals surface area contributed by atoms with E-state index in [0.29, 0.717) is 0 Å². The number of aromatic nitrogens is 1. The number of halogens is 2. The molecule has 4 N–H and O–H groups in total. The summed E-state index contributed by atoms with van der Waals surface area (Å²) in [5.74, 6) is 0. The number of nitrogens with two attached hydrogens (primary N) is 1. The number of nitrogens with zero attached hydrogens (tertiary/aromatic N) is 1. The standard InChI is InChI=1S/C8H10Cl2N4O3S/c9-6-3-5(4-13-7(6)10)18(16,17)14-2-1-12-8(11)15/h3-4,14H,1-2H2,(H3,11,12,15). The molecule has 100 valence electrons. The molecule has 0 aromatic carbocycles. The van der Waals surface area contributed by atoms with Gasteiger partial charge in [-0.05, 0) is 6.07 Å². The predicted molar refractivity (Wildman–Crippen MR) is 67.0 cm³/mol. The van der Waals surface area contributed by atoms with Crippen LogP contribution in [0.25, 0.3) is 0 Å². The molecule has 0 unspecified atom stereocenters. The summed E-state index contributed by atoms with van der Waals surface area (Å²) in [6.07, 6.45) is 1.08. The van der Waals surface area contributed by atoms with E-state index < -0.39 is 16.1 Å². The van der Waals surface area contributed by atoms with Gasteiger partial charge >= 0.3 is 6.03 Å². The lowest BCUT2D eigenvalue weighted by Crippen LogP contribution is -2.37. The molecule has 1 aromatic heterocycles. The maximum Gasteiger partial charge on any atom is 0.312 e. The number of amides is 2. The predicted octanol–water partition coefficient (Wildman–Crippen LogP) is 0.335. The SMILES string of the molecule is NC(=O)NCCNS(=O)(=O)c1cnc(Cl)c(Cl)c1. The zero-order valence-corrected chi connectivity index (χ0v) is 11.3. The third-order valence-corrected chi connectivity index (χ3v) is 3.91. The van der Waals surface area contributed by atoms with Gasteiger partial charge in [-0.3, -0.25) is 0 Å².